The van der Waals surface area contributed by atoms with E-state index in [0.29, 0.717) is 23.6 Å². The van der Waals surface area contributed by atoms with Crippen molar-refractivity contribution >= 4 is 30.0 Å². The largest absolute Gasteiger partial charge is 0.482 e. The lowest BCUT2D eigenvalue weighted by Crippen LogP contribution is -2.30. The minimum atomic E-state index is -1.05. The fourth-order valence-corrected chi connectivity index (χ4v) is 3.31. The molecule has 2 aromatic rings. The van der Waals surface area contributed by atoms with Crippen molar-refractivity contribution < 1.29 is 19.4 Å². The summed E-state index contributed by atoms with van der Waals surface area (Å²) >= 11 is 0. The van der Waals surface area contributed by atoms with Crippen molar-refractivity contribution in [1.29, 1.82) is 5.41 Å². The molecule has 0 atom stereocenters. The number of carbonyl (C=O) groups excluding carboxylic acids is 1. The van der Waals surface area contributed by atoms with Crippen LogP contribution in [0.4, 0.5) is 0 Å². The number of benzene rings is 1. The van der Waals surface area contributed by atoms with E-state index in [1.807, 2.05) is 39.8 Å². The van der Waals surface area contributed by atoms with Gasteiger partial charge in [0.2, 0.25) is 0 Å². The van der Waals surface area contributed by atoms with E-state index in [1.165, 1.54) is 0 Å². The third-order valence-corrected chi connectivity index (χ3v) is 4.81. The zero-order valence-corrected chi connectivity index (χ0v) is 18.3. The molecular formula is C22H26ClN3O4. The van der Waals surface area contributed by atoms with Crippen molar-refractivity contribution in [2.75, 3.05) is 13.2 Å². The second kappa shape index (κ2) is 8.83. The Morgan fingerprint density at radius 3 is 2.57 bits per heavy atom. The first-order valence-electron chi connectivity index (χ1n) is 9.39. The molecule has 160 valence electrons. The number of carboxylic acids is 1. The number of carbonyl (C=O) groups is 2. The minimum absolute atomic E-state index is 0. The van der Waals surface area contributed by atoms with Crippen molar-refractivity contribution in [2.45, 2.75) is 39.7 Å². The third kappa shape index (κ3) is 4.97. The van der Waals surface area contributed by atoms with Gasteiger partial charge in [0, 0.05) is 28.9 Å². The number of ketones is 1. The molecule has 0 bridgehead atoms. The average molecular weight is 432 g/mol. The van der Waals surface area contributed by atoms with Crippen LogP contribution < -0.4 is 4.74 Å². The van der Waals surface area contributed by atoms with E-state index in [0.717, 1.165) is 16.8 Å². The second-order valence-electron chi connectivity index (χ2n) is 8.23. The summed E-state index contributed by atoms with van der Waals surface area (Å²) in [4.78, 5) is 29.9. The molecule has 8 heteroatoms. The molecule has 3 rings (SSSR count). The lowest BCUT2D eigenvalue weighted by molar-refractivity contribution is -0.139. The normalized spacial score (nSPS) is 12.9. The Hall–Kier alpha value is -2.93. The van der Waals surface area contributed by atoms with Gasteiger partial charge in [-0.05, 0) is 36.6 Å². The fourth-order valence-electron chi connectivity index (χ4n) is 3.31. The summed E-state index contributed by atoms with van der Waals surface area (Å²) in [6, 6.07) is 8.90. The summed E-state index contributed by atoms with van der Waals surface area (Å²) < 4.78 is 5.40. The van der Waals surface area contributed by atoms with Gasteiger partial charge in [0.05, 0.1) is 6.54 Å². The number of hydrogen-bond acceptors (Lipinski definition) is 5. The van der Waals surface area contributed by atoms with E-state index >= 15 is 0 Å². The van der Waals surface area contributed by atoms with Crippen molar-refractivity contribution in [3.8, 4) is 5.75 Å². The molecule has 0 aliphatic carbocycles. The molecule has 2 heterocycles. The third-order valence-electron chi connectivity index (χ3n) is 4.81. The lowest BCUT2D eigenvalue weighted by Gasteiger charge is -2.24. The Morgan fingerprint density at radius 2 is 1.93 bits per heavy atom. The second-order valence-corrected chi connectivity index (χ2v) is 8.23. The Morgan fingerprint density at radius 1 is 1.23 bits per heavy atom. The number of aromatic nitrogens is 1. The number of amidine groups is 1. The van der Waals surface area contributed by atoms with Gasteiger partial charge in [-0.15, -0.1) is 12.4 Å². The number of nitrogens with zero attached hydrogens (tertiary/aromatic N) is 2. The van der Waals surface area contributed by atoms with Gasteiger partial charge in [-0.1, -0.05) is 26.8 Å². The summed E-state index contributed by atoms with van der Waals surface area (Å²) in [6.07, 6.45) is 0. The van der Waals surface area contributed by atoms with Gasteiger partial charge in [0.15, 0.2) is 12.4 Å². The van der Waals surface area contributed by atoms with Crippen LogP contribution in [0.1, 0.15) is 53.6 Å². The van der Waals surface area contributed by atoms with Crippen LogP contribution in [0, 0.1) is 12.3 Å². The SMILES string of the molecule is Cc1ccc2c(n1)C(=N)N(CC(=O)c1ccc(OCC(=O)O)c(C(C)(C)C)c1)C2.Cl. The molecule has 2 N–H and O–H groups in total. The average Bonchev–Trinajstić information content (AvgIpc) is 2.94. The number of halogens is 1. The van der Waals surface area contributed by atoms with Gasteiger partial charge in [-0.3, -0.25) is 10.2 Å². The minimum Gasteiger partial charge on any atom is -0.482 e. The van der Waals surface area contributed by atoms with Gasteiger partial charge in [-0.2, -0.15) is 0 Å². The van der Waals surface area contributed by atoms with Crippen LogP contribution in [0.25, 0.3) is 0 Å². The Kier molecular flexibility index (Phi) is 6.87. The number of pyridine rings is 1. The smallest absolute Gasteiger partial charge is 0.341 e. The summed E-state index contributed by atoms with van der Waals surface area (Å²) in [5.74, 6) is -0.456. The van der Waals surface area contributed by atoms with Gasteiger partial charge < -0.3 is 14.7 Å². The molecule has 0 unspecified atom stereocenters. The van der Waals surface area contributed by atoms with Gasteiger partial charge in [0.1, 0.15) is 17.3 Å². The number of aryl methyl sites for hydroxylation is 1. The molecule has 1 aromatic carbocycles. The molecule has 30 heavy (non-hydrogen) atoms. The predicted molar refractivity (Wildman–Crippen MR) is 116 cm³/mol. The zero-order valence-electron chi connectivity index (χ0n) is 17.5. The van der Waals surface area contributed by atoms with Crippen LogP contribution >= 0.6 is 12.4 Å². The Balaban J connectivity index is 0.00000320. The van der Waals surface area contributed by atoms with E-state index < -0.39 is 12.6 Å². The maximum Gasteiger partial charge on any atom is 0.341 e. The first-order valence-corrected chi connectivity index (χ1v) is 9.39. The fraction of sp³-hybridized carbons (Fsp3) is 0.364. The van der Waals surface area contributed by atoms with E-state index in [4.69, 9.17) is 15.3 Å². The van der Waals surface area contributed by atoms with Gasteiger partial charge >= 0.3 is 5.97 Å². The highest BCUT2D eigenvalue weighted by molar-refractivity contribution is 6.04. The molecule has 0 saturated heterocycles. The molecule has 7 nitrogen and oxygen atoms in total. The number of aliphatic carboxylic acids is 1. The number of hydrogen-bond donors (Lipinski definition) is 2. The predicted octanol–water partition coefficient (Wildman–Crippen LogP) is 3.60. The number of rotatable bonds is 6. The van der Waals surface area contributed by atoms with Crippen molar-refractivity contribution in [2.24, 2.45) is 0 Å². The van der Waals surface area contributed by atoms with E-state index in [2.05, 4.69) is 4.98 Å². The summed E-state index contributed by atoms with van der Waals surface area (Å²) in [5, 5.41) is 17.2. The number of ether oxygens (including phenoxy) is 1. The Bertz CT molecular complexity index is 998. The highest BCUT2D eigenvalue weighted by atomic mass is 35.5. The number of Topliss-reactive ketones (excluding diaryl/α,β-unsaturated/α-hetero) is 1. The molecule has 0 saturated carbocycles. The zero-order chi connectivity index (χ0) is 21.3. The number of nitrogens with one attached hydrogen (secondary N) is 1. The van der Waals surface area contributed by atoms with Crippen LogP contribution in [0.15, 0.2) is 30.3 Å². The van der Waals surface area contributed by atoms with Crippen LogP contribution in [0.2, 0.25) is 0 Å². The molecular weight excluding hydrogens is 406 g/mol. The molecule has 1 aromatic heterocycles. The van der Waals surface area contributed by atoms with Crippen molar-refractivity contribution in [1.82, 2.24) is 9.88 Å². The number of carboxylic acid groups (broad SMARTS) is 1. The molecule has 0 fully saturated rings. The lowest BCUT2D eigenvalue weighted by atomic mass is 9.85. The standard InChI is InChI=1S/C22H25N3O4.ClH/c1-13-5-6-15-10-25(21(23)20(15)24-13)11-17(26)14-7-8-18(29-12-19(27)28)16(9-14)22(2,3)4;/h5-9,23H,10-12H2,1-4H3,(H,27,28);1H. The number of fused-ring (bicyclic) bond motifs is 1. The van der Waals surface area contributed by atoms with Crippen LogP contribution in [0.3, 0.4) is 0 Å². The molecule has 0 spiro atoms. The molecule has 1 aliphatic rings. The van der Waals surface area contributed by atoms with E-state index in [-0.39, 0.29) is 36.0 Å². The van der Waals surface area contributed by atoms with Crippen LogP contribution in [0.5, 0.6) is 5.75 Å². The van der Waals surface area contributed by atoms with Crippen LogP contribution in [-0.4, -0.2) is 45.7 Å². The van der Waals surface area contributed by atoms with Crippen LogP contribution in [-0.2, 0) is 16.8 Å². The highest BCUT2D eigenvalue weighted by Crippen LogP contribution is 2.32. The first-order chi connectivity index (χ1) is 13.6. The van der Waals surface area contributed by atoms with E-state index in [9.17, 15) is 9.59 Å². The molecule has 0 radical (unpaired) electrons. The maximum absolute atomic E-state index is 12.9. The quantitative estimate of drug-likeness (QED) is 0.677. The Labute approximate surface area is 182 Å². The summed E-state index contributed by atoms with van der Waals surface area (Å²) in [5.41, 5.74) is 3.36. The summed E-state index contributed by atoms with van der Waals surface area (Å²) in [7, 11) is 0. The van der Waals surface area contributed by atoms with Gasteiger partial charge in [0.25, 0.3) is 0 Å². The van der Waals surface area contributed by atoms with Crippen molar-refractivity contribution in [3.05, 3.63) is 58.4 Å². The topological polar surface area (TPSA) is 104 Å². The molecule has 0 amide bonds. The van der Waals surface area contributed by atoms with Gasteiger partial charge in [-0.25, -0.2) is 9.78 Å². The molecule has 1 aliphatic heterocycles. The first kappa shape index (κ1) is 23.3. The monoisotopic (exact) mass is 431 g/mol. The van der Waals surface area contributed by atoms with Crippen molar-refractivity contribution in [3.63, 3.8) is 0 Å². The van der Waals surface area contributed by atoms with E-state index in [1.54, 1.807) is 23.1 Å². The highest BCUT2D eigenvalue weighted by Gasteiger charge is 2.28. The maximum atomic E-state index is 12.9. The summed E-state index contributed by atoms with van der Waals surface area (Å²) in [6.45, 7) is 7.93.